The summed E-state index contributed by atoms with van der Waals surface area (Å²) in [5.41, 5.74) is 0.788. The lowest BCUT2D eigenvalue weighted by atomic mass is 9.94. The molecule has 0 radical (unpaired) electrons. The maximum atomic E-state index is 13.2. The minimum absolute atomic E-state index is 0.124. The van der Waals surface area contributed by atoms with Crippen LogP contribution >= 0.6 is 11.6 Å². The molecule has 0 spiro atoms. The molecular formula is C23H28ClN5O3. The number of carbonyl (C=O) groups is 3. The van der Waals surface area contributed by atoms with Gasteiger partial charge in [-0.15, -0.1) is 0 Å². The Morgan fingerprint density at radius 1 is 1.25 bits per heavy atom. The van der Waals surface area contributed by atoms with E-state index < -0.39 is 11.4 Å². The highest BCUT2D eigenvalue weighted by Crippen LogP contribution is 2.29. The molecule has 3 amide bonds. The van der Waals surface area contributed by atoms with Gasteiger partial charge >= 0.3 is 0 Å². The van der Waals surface area contributed by atoms with Crippen molar-refractivity contribution >= 4 is 35.0 Å². The van der Waals surface area contributed by atoms with Gasteiger partial charge in [-0.3, -0.25) is 19.1 Å². The molecule has 1 atom stereocenters. The fourth-order valence-electron chi connectivity index (χ4n) is 4.61. The van der Waals surface area contributed by atoms with Crippen molar-refractivity contribution in [3.63, 3.8) is 0 Å². The van der Waals surface area contributed by atoms with Crippen molar-refractivity contribution in [2.75, 3.05) is 11.9 Å². The molecule has 1 aliphatic heterocycles. The van der Waals surface area contributed by atoms with Gasteiger partial charge in [0.2, 0.25) is 5.91 Å². The Hall–Kier alpha value is -2.87. The first-order valence-electron chi connectivity index (χ1n) is 11.0. The Bertz CT molecular complexity index is 1080. The zero-order valence-corrected chi connectivity index (χ0v) is 19.3. The van der Waals surface area contributed by atoms with E-state index in [0.717, 1.165) is 31.2 Å². The van der Waals surface area contributed by atoms with Crippen LogP contribution in [0, 0.1) is 6.92 Å². The summed E-state index contributed by atoms with van der Waals surface area (Å²) in [6.07, 6.45) is 4.13. The van der Waals surface area contributed by atoms with Crippen LogP contribution in [0.1, 0.15) is 66.1 Å². The lowest BCUT2D eigenvalue weighted by molar-refractivity contribution is -0.133. The number of anilines is 1. The molecule has 0 saturated heterocycles. The second kappa shape index (κ2) is 8.58. The number of hydrogen-bond acceptors (Lipinski definition) is 4. The molecule has 9 heteroatoms. The molecule has 2 aliphatic rings. The molecule has 1 aliphatic carbocycles. The molecule has 1 aromatic carbocycles. The van der Waals surface area contributed by atoms with E-state index in [2.05, 4.69) is 15.7 Å². The van der Waals surface area contributed by atoms with Crippen molar-refractivity contribution < 1.29 is 14.4 Å². The van der Waals surface area contributed by atoms with Gasteiger partial charge in [-0.25, -0.2) is 0 Å². The van der Waals surface area contributed by atoms with Gasteiger partial charge in [0.25, 0.3) is 11.8 Å². The van der Waals surface area contributed by atoms with Crippen LogP contribution in [0.4, 0.5) is 5.69 Å². The van der Waals surface area contributed by atoms with Crippen molar-refractivity contribution in [2.24, 2.45) is 0 Å². The maximum Gasteiger partial charge on any atom is 0.276 e. The summed E-state index contributed by atoms with van der Waals surface area (Å²) in [7, 11) is 0. The molecule has 4 rings (SSSR count). The summed E-state index contributed by atoms with van der Waals surface area (Å²) in [5, 5.41) is 10.9. The largest absolute Gasteiger partial charge is 0.351 e. The monoisotopic (exact) mass is 457 g/mol. The molecule has 2 aromatic rings. The number of likely N-dealkylation sites (N-methyl/N-ethyl adjacent to an activating group) is 1. The number of hydrogen-bond donors (Lipinski definition) is 2. The number of aromatic nitrogens is 2. The highest BCUT2D eigenvalue weighted by atomic mass is 35.5. The summed E-state index contributed by atoms with van der Waals surface area (Å²) >= 11 is 5.99. The Labute approximate surface area is 192 Å². The van der Waals surface area contributed by atoms with Gasteiger partial charge in [-0.2, -0.15) is 5.10 Å². The van der Waals surface area contributed by atoms with Gasteiger partial charge in [0.05, 0.1) is 6.54 Å². The summed E-state index contributed by atoms with van der Waals surface area (Å²) in [6.45, 7) is 6.02. The first-order valence-corrected chi connectivity index (χ1v) is 11.4. The van der Waals surface area contributed by atoms with Crippen molar-refractivity contribution in [1.82, 2.24) is 20.0 Å². The predicted molar refractivity (Wildman–Crippen MR) is 122 cm³/mol. The number of amides is 3. The molecule has 32 heavy (non-hydrogen) atoms. The first-order chi connectivity index (χ1) is 15.2. The SMILES string of the molecule is CCN1C(=O)c2cc(C(=O)Nc3ccc(Cl)cc3C)nn2CC1(C)C(=O)NC1CCCC1. The van der Waals surface area contributed by atoms with Gasteiger partial charge < -0.3 is 15.5 Å². The van der Waals surface area contributed by atoms with Crippen LogP contribution in [0.3, 0.4) is 0 Å². The van der Waals surface area contributed by atoms with Crippen molar-refractivity contribution in [3.05, 3.63) is 46.2 Å². The molecule has 1 aromatic heterocycles. The number of benzene rings is 1. The van der Waals surface area contributed by atoms with E-state index in [0.29, 0.717) is 22.9 Å². The third-order valence-electron chi connectivity index (χ3n) is 6.46. The lowest BCUT2D eigenvalue weighted by Gasteiger charge is -2.43. The molecule has 2 heterocycles. The van der Waals surface area contributed by atoms with Crippen LogP contribution in [0.2, 0.25) is 5.02 Å². The molecule has 8 nitrogen and oxygen atoms in total. The van der Waals surface area contributed by atoms with Crippen molar-refractivity contribution in [2.45, 2.75) is 64.6 Å². The first kappa shape index (κ1) is 22.3. The van der Waals surface area contributed by atoms with Crippen molar-refractivity contribution in [3.8, 4) is 0 Å². The third kappa shape index (κ3) is 3.99. The highest BCUT2D eigenvalue weighted by Gasteiger charge is 2.48. The van der Waals surface area contributed by atoms with Crippen LogP contribution < -0.4 is 10.6 Å². The number of halogens is 1. The van der Waals surface area contributed by atoms with Gasteiger partial charge in [0.1, 0.15) is 11.2 Å². The van der Waals surface area contributed by atoms with E-state index in [1.807, 2.05) is 13.8 Å². The predicted octanol–water partition coefficient (Wildman–Crippen LogP) is 3.39. The van der Waals surface area contributed by atoms with Crippen LogP contribution in [-0.4, -0.2) is 50.5 Å². The fraction of sp³-hybridized carbons (Fsp3) is 0.478. The van der Waals surface area contributed by atoms with Crippen LogP contribution in [0.5, 0.6) is 0 Å². The number of rotatable bonds is 5. The van der Waals surface area contributed by atoms with E-state index in [-0.39, 0.29) is 30.1 Å². The van der Waals surface area contributed by atoms with E-state index in [1.165, 1.54) is 10.7 Å². The van der Waals surface area contributed by atoms with E-state index in [1.54, 1.807) is 30.0 Å². The fourth-order valence-corrected chi connectivity index (χ4v) is 4.84. The van der Waals surface area contributed by atoms with Crippen LogP contribution in [-0.2, 0) is 11.3 Å². The van der Waals surface area contributed by atoms with Crippen LogP contribution in [0.15, 0.2) is 24.3 Å². The zero-order valence-electron chi connectivity index (χ0n) is 18.6. The minimum atomic E-state index is -1.08. The summed E-state index contributed by atoms with van der Waals surface area (Å²) in [6, 6.07) is 6.81. The van der Waals surface area contributed by atoms with Crippen molar-refractivity contribution in [1.29, 1.82) is 0 Å². The van der Waals surface area contributed by atoms with Gasteiger partial charge in [-0.1, -0.05) is 24.4 Å². The third-order valence-corrected chi connectivity index (χ3v) is 6.70. The van der Waals surface area contributed by atoms with Gasteiger partial charge in [0.15, 0.2) is 5.69 Å². The second-order valence-corrected chi connectivity index (χ2v) is 9.20. The quantitative estimate of drug-likeness (QED) is 0.719. The van der Waals surface area contributed by atoms with Gasteiger partial charge in [-0.05, 0) is 57.4 Å². The Morgan fingerprint density at radius 2 is 1.97 bits per heavy atom. The number of carbonyl (C=O) groups excluding carboxylic acids is 3. The Balaban J connectivity index is 1.58. The maximum absolute atomic E-state index is 13.2. The van der Waals surface area contributed by atoms with E-state index in [9.17, 15) is 14.4 Å². The summed E-state index contributed by atoms with van der Waals surface area (Å²) in [4.78, 5) is 40.8. The Kier molecular flexibility index (Phi) is 5.99. The molecule has 2 N–H and O–H groups in total. The molecular weight excluding hydrogens is 430 g/mol. The lowest BCUT2D eigenvalue weighted by Crippen LogP contribution is -2.64. The second-order valence-electron chi connectivity index (χ2n) is 8.76. The zero-order chi connectivity index (χ0) is 23.0. The molecule has 0 bridgehead atoms. The number of nitrogens with zero attached hydrogens (tertiary/aromatic N) is 3. The van der Waals surface area contributed by atoms with E-state index in [4.69, 9.17) is 11.6 Å². The highest BCUT2D eigenvalue weighted by molar-refractivity contribution is 6.30. The van der Waals surface area contributed by atoms with Crippen LogP contribution in [0.25, 0.3) is 0 Å². The average molecular weight is 458 g/mol. The standard InChI is InChI=1S/C23H28ClN5O3/c1-4-28-21(31)19-12-18(20(30)26-17-10-9-15(24)11-14(17)2)27-29(19)13-23(28,3)22(32)25-16-7-5-6-8-16/h9-12,16H,4-8,13H2,1-3H3,(H,25,32)(H,26,30). The summed E-state index contributed by atoms with van der Waals surface area (Å²) < 4.78 is 1.48. The summed E-state index contributed by atoms with van der Waals surface area (Å²) in [5.74, 6) is -0.911. The molecule has 1 unspecified atom stereocenters. The van der Waals surface area contributed by atoms with E-state index >= 15 is 0 Å². The number of aryl methyl sites for hydroxylation is 1. The molecule has 1 saturated carbocycles. The topological polar surface area (TPSA) is 96.3 Å². The number of fused-ring (bicyclic) bond motifs is 1. The number of nitrogens with one attached hydrogen (secondary N) is 2. The Morgan fingerprint density at radius 3 is 2.62 bits per heavy atom. The molecule has 1 fully saturated rings. The minimum Gasteiger partial charge on any atom is -0.351 e. The smallest absolute Gasteiger partial charge is 0.276 e. The van der Waals surface area contributed by atoms with Gasteiger partial charge in [0, 0.05) is 29.4 Å². The molecule has 170 valence electrons. The average Bonchev–Trinajstić information content (AvgIpc) is 3.40. The normalized spacial score (nSPS) is 20.9.